The average Bonchev–Trinajstić information content (AvgIpc) is 2.27. The van der Waals surface area contributed by atoms with Gasteiger partial charge in [-0.15, -0.1) is 0 Å². The quantitative estimate of drug-likeness (QED) is 0.467. The highest BCUT2D eigenvalue weighted by atomic mass is 15.4. The van der Waals surface area contributed by atoms with Gasteiger partial charge in [0.2, 0.25) is 0 Å². The van der Waals surface area contributed by atoms with Crippen molar-refractivity contribution >= 4 is 0 Å². The third kappa shape index (κ3) is 1.41. The van der Waals surface area contributed by atoms with Crippen molar-refractivity contribution in [2.24, 2.45) is 0 Å². The maximum Gasteiger partial charge on any atom is 0.0508 e. The smallest absolute Gasteiger partial charge is 0.0508 e. The standard InChI is InChI=1S/C8H17N3/c1-9-3-4-11-7-10(2)6-8(11)5-9/h8H,3-7H2,1-2H3. The zero-order chi connectivity index (χ0) is 7.84. The van der Waals surface area contributed by atoms with Crippen LogP contribution < -0.4 is 0 Å². The highest BCUT2D eigenvalue weighted by Gasteiger charge is 2.31. The first-order valence-corrected chi connectivity index (χ1v) is 4.37. The molecule has 0 amide bonds. The third-order valence-corrected chi connectivity index (χ3v) is 2.75. The Morgan fingerprint density at radius 1 is 1.00 bits per heavy atom. The molecule has 1 atom stereocenters. The van der Waals surface area contributed by atoms with Crippen LogP contribution in [0.1, 0.15) is 0 Å². The van der Waals surface area contributed by atoms with E-state index in [1.54, 1.807) is 0 Å². The molecule has 0 bridgehead atoms. The molecule has 11 heavy (non-hydrogen) atoms. The summed E-state index contributed by atoms with van der Waals surface area (Å²) in [5, 5.41) is 0. The Bertz CT molecular complexity index is 148. The number of rotatable bonds is 0. The summed E-state index contributed by atoms with van der Waals surface area (Å²) < 4.78 is 0. The van der Waals surface area contributed by atoms with Gasteiger partial charge in [0.25, 0.3) is 0 Å². The summed E-state index contributed by atoms with van der Waals surface area (Å²) >= 11 is 0. The zero-order valence-corrected chi connectivity index (χ0v) is 7.45. The molecule has 3 nitrogen and oxygen atoms in total. The van der Waals surface area contributed by atoms with Crippen LogP contribution in [0.2, 0.25) is 0 Å². The number of hydrogen-bond acceptors (Lipinski definition) is 3. The van der Waals surface area contributed by atoms with E-state index < -0.39 is 0 Å². The van der Waals surface area contributed by atoms with Gasteiger partial charge in [0, 0.05) is 32.2 Å². The van der Waals surface area contributed by atoms with Crippen LogP contribution in [-0.4, -0.2) is 67.7 Å². The Balaban J connectivity index is 1.97. The fourth-order valence-electron chi connectivity index (χ4n) is 2.14. The number of fused-ring (bicyclic) bond motifs is 1. The Kier molecular flexibility index (Phi) is 1.87. The van der Waals surface area contributed by atoms with Crippen LogP contribution in [0.4, 0.5) is 0 Å². The normalized spacial score (nSPS) is 36.0. The first-order chi connectivity index (χ1) is 5.25. The monoisotopic (exact) mass is 155 g/mol. The van der Waals surface area contributed by atoms with Crippen LogP contribution in [0.15, 0.2) is 0 Å². The van der Waals surface area contributed by atoms with Gasteiger partial charge in [-0.2, -0.15) is 0 Å². The summed E-state index contributed by atoms with van der Waals surface area (Å²) in [5.41, 5.74) is 0. The maximum absolute atomic E-state index is 2.58. The fourth-order valence-corrected chi connectivity index (χ4v) is 2.14. The lowest BCUT2D eigenvalue weighted by atomic mass is 10.2. The molecule has 0 aromatic carbocycles. The van der Waals surface area contributed by atoms with Crippen molar-refractivity contribution in [2.75, 3.05) is 46.9 Å². The van der Waals surface area contributed by atoms with Gasteiger partial charge in [-0.25, -0.2) is 0 Å². The summed E-state index contributed by atoms with van der Waals surface area (Å²) in [6.45, 7) is 6.18. The van der Waals surface area contributed by atoms with Gasteiger partial charge in [0.05, 0.1) is 6.67 Å². The SMILES string of the molecule is CN1CCN2CN(C)CC2C1. The van der Waals surface area contributed by atoms with E-state index >= 15 is 0 Å². The van der Waals surface area contributed by atoms with E-state index in [0.29, 0.717) is 0 Å². The molecule has 0 saturated carbocycles. The predicted molar refractivity (Wildman–Crippen MR) is 45.5 cm³/mol. The summed E-state index contributed by atoms with van der Waals surface area (Å²) in [5.74, 6) is 0. The lowest BCUT2D eigenvalue weighted by Gasteiger charge is -2.34. The predicted octanol–water partition coefficient (Wildman–Crippen LogP) is -0.495. The number of likely N-dealkylation sites (N-methyl/N-ethyl adjacent to an activating group) is 2. The molecule has 2 aliphatic rings. The fraction of sp³-hybridized carbons (Fsp3) is 1.00. The molecule has 1 unspecified atom stereocenters. The Hall–Kier alpha value is -0.120. The average molecular weight is 155 g/mol. The first-order valence-electron chi connectivity index (χ1n) is 4.37. The minimum Gasteiger partial charge on any atom is -0.303 e. The molecule has 0 aromatic rings. The second-order valence-electron chi connectivity index (χ2n) is 3.91. The number of nitrogens with zero attached hydrogens (tertiary/aromatic N) is 3. The van der Waals surface area contributed by atoms with Crippen molar-refractivity contribution in [1.29, 1.82) is 0 Å². The topological polar surface area (TPSA) is 9.72 Å². The molecule has 2 heterocycles. The van der Waals surface area contributed by atoms with Crippen molar-refractivity contribution in [3.63, 3.8) is 0 Å². The van der Waals surface area contributed by atoms with Crippen molar-refractivity contribution in [3.05, 3.63) is 0 Å². The van der Waals surface area contributed by atoms with Crippen molar-refractivity contribution in [2.45, 2.75) is 6.04 Å². The minimum atomic E-state index is 0.804. The van der Waals surface area contributed by atoms with Crippen LogP contribution >= 0.6 is 0 Å². The van der Waals surface area contributed by atoms with Gasteiger partial charge in [0.1, 0.15) is 0 Å². The van der Waals surface area contributed by atoms with E-state index in [-0.39, 0.29) is 0 Å². The molecule has 0 spiro atoms. The van der Waals surface area contributed by atoms with Gasteiger partial charge in [-0.05, 0) is 14.1 Å². The van der Waals surface area contributed by atoms with E-state index in [2.05, 4.69) is 28.8 Å². The molecule has 0 radical (unpaired) electrons. The third-order valence-electron chi connectivity index (χ3n) is 2.75. The zero-order valence-electron chi connectivity index (χ0n) is 7.45. The maximum atomic E-state index is 2.58. The van der Waals surface area contributed by atoms with Crippen LogP contribution in [0.25, 0.3) is 0 Å². The van der Waals surface area contributed by atoms with E-state index in [0.717, 1.165) is 6.04 Å². The molecule has 0 aliphatic carbocycles. The lowest BCUT2D eigenvalue weighted by Crippen LogP contribution is -2.49. The van der Waals surface area contributed by atoms with Gasteiger partial charge in [0.15, 0.2) is 0 Å². The molecular formula is C8H17N3. The molecule has 0 N–H and O–H groups in total. The Morgan fingerprint density at radius 2 is 1.73 bits per heavy atom. The van der Waals surface area contributed by atoms with E-state index in [9.17, 15) is 0 Å². The largest absolute Gasteiger partial charge is 0.303 e. The summed E-state index contributed by atoms with van der Waals surface area (Å²) in [4.78, 5) is 7.42. The number of hydrogen-bond donors (Lipinski definition) is 0. The molecule has 64 valence electrons. The summed E-state index contributed by atoms with van der Waals surface area (Å²) in [7, 11) is 4.42. The highest BCUT2D eigenvalue weighted by Crippen LogP contribution is 2.15. The van der Waals surface area contributed by atoms with Gasteiger partial charge >= 0.3 is 0 Å². The van der Waals surface area contributed by atoms with E-state index in [1.165, 1.54) is 32.8 Å². The van der Waals surface area contributed by atoms with Crippen molar-refractivity contribution < 1.29 is 0 Å². The van der Waals surface area contributed by atoms with Gasteiger partial charge in [-0.3, -0.25) is 9.80 Å². The van der Waals surface area contributed by atoms with E-state index in [4.69, 9.17) is 0 Å². The molecule has 2 fully saturated rings. The van der Waals surface area contributed by atoms with Crippen LogP contribution in [-0.2, 0) is 0 Å². The summed E-state index contributed by atoms with van der Waals surface area (Å²) in [6.07, 6.45) is 0. The van der Waals surface area contributed by atoms with Crippen molar-refractivity contribution in [1.82, 2.24) is 14.7 Å². The van der Waals surface area contributed by atoms with Gasteiger partial charge in [-0.1, -0.05) is 0 Å². The van der Waals surface area contributed by atoms with Crippen molar-refractivity contribution in [3.8, 4) is 0 Å². The minimum absolute atomic E-state index is 0.804. The van der Waals surface area contributed by atoms with E-state index in [1.807, 2.05) is 0 Å². The molecule has 3 heteroatoms. The van der Waals surface area contributed by atoms with Gasteiger partial charge < -0.3 is 4.90 Å². The second-order valence-corrected chi connectivity index (χ2v) is 3.91. The lowest BCUT2D eigenvalue weighted by molar-refractivity contribution is 0.125. The summed E-state index contributed by atoms with van der Waals surface area (Å²) in [6, 6.07) is 0.804. The van der Waals surface area contributed by atoms with Crippen LogP contribution in [0, 0.1) is 0 Å². The molecular weight excluding hydrogens is 138 g/mol. The first kappa shape index (κ1) is 7.53. The molecule has 2 saturated heterocycles. The highest BCUT2D eigenvalue weighted by molar-refractivity contribution is 4.87. The molecule has 0 aromatic heterocycles. The van der Waals surface area contributed by atoms with Crippen LogP contribution in [0.5, 0.6) is 0 Å². The van der Waals surface area contributed by atoms with Crippen LogP contribution in [0.3, 0.4) is 0 Å². The number of piperazine rings is 1. The molecule has 2 aliphatic heterocycles. The second kappa shape index (κ2) is 2.73. The molecule has 2 rings (SSSR count). The Morgan fingerprint density at radius 3 is 2.55 bits per heavy atom. The Labute approximate surface area is 68.6 Å².